The van der Waals surface area contributed by atoms with E-state index in [1.165, 1.54) is 17.8 Å². The molecule has 0 fully saturated rings. The molecule has 1 aliphatic rings. The first kappa shape index (κ1) is 21.5. The van der Waals surface area contributed by atoms with E-state index in [9.17, 15) is 14.4 Å². The van der Waals surface area contributed by atoms with Crippen LogP contribution in [0, 0.1) is 0 Å². The van der Waals surface area contributed by atoms with Crippen LogP contribution in [-0.4, -0.2) is 29.5 Å². The van der Waals surface area contributed by atoms with Crippen molar-refractivity contribution < 1.29 is 14.4 Å². The Morgan fingerprint density at radius 2 is 1.97 bits per heavy atom. The highest BCUT2D eigenvalue weighted by atomic mass is 35.5. The van der Waals surface area contributed by atoms with Gasteiger partial charge in [-0.1, -0.05) is 30.1 Å². The molecular weight excluding hydrogens is 433 g/mol. The second-order valence-electron chi connectivity index (χ2n) is 6.44. The van der Waals surface area contributed by atoms with Crippen LogP contribution in [0.4, 0.5) is 11.4 Å². The van der Waals surface area contributed by atoms with Crippen molar-refractivity contribution in [2.75, 3.05) is 17.2 Å². The van der Waals surface area contributed by atoms with Crippen LogP contribution in [0.25, 0.3) is 0 Å². The molecule has 0 aliphatic carbocycles. The van der Waals surface area contributed by atoms with Gasteiger partial charge in [0.2, 0.25) is 11.8 Å². The van der Waals surface area contributed by atoms with E-state index in [0.717, 1.165) is 11.3 Å². The second kappa shape index (κ2) is 9.52. The van der Waals surface area contributed by atoms with Gasteiger partial charge in [-0.3, -0.25) is 14.4 Å². The molecule has 0 saturated carbocycles. The summed E-state index contributed by atoms with van der Waals surface area (Å²) in [5.41, 5.74) is 1.45. The second-order valence-corrected chi connectivity index (χ2v) is 8.53. The molecule has 29 heavy (non-hydrogen) atoms. The van der Waals surface area contributed by atoms with E-state index < -0.39 is 5.25 Å². The molecule has 1 atom stereocenters. The summed E-state index contributed by atoms with van der Waals surface area (Å²) in [4.78, 5) is 37.6. The van der Waals surface area contributed by atoms with Gasteiger partial charge in [0.1, 0.15) is 0 Å². The number of anilines is 2. The number of hydrogen-bond acceptors (Lipinski definition) is 4. The highest BCUT2D eigenvalue weighted by Crippen LogP contribution is 2.38. The Kier molecular flexibility index (Phi) is 7.05. The van der Waals surface area contributed by atoms with Crippen molar-refractivity contribution in [2.45, 2.75) is 29.9 Å². The van der Waals surface area contributed by atoms with Gasteiger partial charge in [0, 0.05) is 28.6 Å². The van der Waals surface area contributed by atoms with Crippen LogP contribution < -0.4 is 16.0 Å². The van der Waals surface area contributed by atoms with E-state index >= 15 is 0 Å². The molecule has 0 spiro atoms. The van der Waals surface area contributed by atoms with E-state index in [2.05, 4.69) is 16.0 Å². The molecule has 1 unspecified atom stereocenters. The molecule has 0 radical (unpaired) electrons. The number of halogens is 2. The Bertz CT molecular complexity index is 968. The first-order valence-corrected chi connectivity index (χ1v) is 10.7. The smallest absolute Gasteiger partial charge is 0.252 e. The van der Waals surface area contributed by atoms with Crippen LogP contribution in [0.2, 0.25) is 10.0 Å². The zero-order chi connectivity index (χ0) is 21.0. The van der Waals surface area contributed by atoms with E-state index in [-0.39, 0.29) is 29.2 Å². The SMILES string of the molecule is CCCNC(=O)c1ccc(NC(=O)CC2Sc3ccc(Cl)cc3NC2=O)cc1Cl. The number of fused-ring (bicyclic) bond motifs is 1. The summed E-state index contributed by atoms with van der Waals surface area (Å²) >= 11 is 13.4. The third-order valence-electron chi connectivity index (χ3n) is 4.16. The van der Waals surface area contributed by atoms with Crippen LogP contribution in [0.1, 0.15) is 30.1 Å². The number of benzene rings is 2. The molecule has 1 aliphatic heterocycles. The van der Waals surface area contributed by atoms with Crippen molar-refractivity contribution in [1.29, 1.82) is 0 Å². The number of amides is 3. The minimum Gasteiger partial charge on any atom is -0.352 e. The van der Waals surface area contributed by atoms with Gasteiger partial charge in [0.05, 0.1) is 21.5 Å². The highest BCUT2D eigenvalue weighted by Gasteiger charge is 2.29. The molecule has 0 bridgehead atoms. The lowest BCUT2D eigenvalue weighted by atomic mass is 10.1. The monoisotopic (exact) mass is 451 g/mol. The average Bonchev–Trinajstić information content (AvgIpc) is 2.67. The summed E-state index contributed by atoms with van der Waals surface area (Å²) in [6, 6.07) is 9.92. The summed E-state index contributed by atoms with van der Waals surface area (Å²) in [5, 5.41) is 8.47. The van der Waals surface area contributed by atoms with E-state index in [4.69, 9.17) is 23.2 Å². The lowest BCUT2D eigenvalue weighted by Crippen LogP contribution is -2.32. The van der Waals surface area contributed by atoms with Crippen LogP contribution in [0.5, 0.6) is 0 Å². The molecule has 3 amide bonds. The Hall–Kier alpha value is -2.22. The van der Waals surface area contributed by atoms with Crippen LogP contribution in [-0.2, 0) is 9.59 Å². The molecule has 0 saturated heterocycles. The fourth-order valence-electron chi connectivity index (χ4n) is 2.75. The summed E-state index contributed by atoms with van der Waals surface area (Å²) in [6.45, 7) is 2.52. The molecule has 9 heteroatoms. The number of hydrogen-bond donors (Lipinski definition) is 3. The van der Waals surface area contributed by atoms with Crippen molar-refractivity contribution in [3.63, 3.8) is 0 Å². The summed E-state index contributed by atoms with van der Waals surface area (Å²) in [7, 11) is 0. The lowest BCUT2D eigenvalue weighted by Gasteiger charge is -2.23. The molecule has 152 valence electrons. The molecule has 6 nitrogen and oxygen atoms in total. The van der Waals surface area contributed by atoms with E-state index in [0.29, 0.717) is 28.5 Å². The van der Waals surface area contributed by atoms with Gasteiger partial charge < -0.3 is 16.0 Å². The van der Waals surface area contributed by atoms with Gasteiger partial charge in [-0.15, -0.1) is 11.8 Å². The summed E-state index contributed by atoms with van der Waals surface area (Å²) in [6.07, 6.45) is 0.816. The van der Waals surface area contributed by atoms with Crippen LogP contribution in [0.3, 0.4) is 0 Å². The van der Waals surface area contributed by atoms with E-state index in [1.54, 1.807) is 24.3 Å². The van der Waals surface area contributed by atoms with Crippen molar-refractivity contribution in [2.24, 2.45) is 0 Å². The quantitative estimate of drug-likeness (QED) is 0.599. The first-order chi connectivity index (χ1) is 13.9. The zero-order valence-electron chi connectivity index (χ0n) is 15.6. The first-order valence-electron chi connectivity index (χ1n) is 9.02. The molecule has 0 aromatic heterocycles. The summed E-state index contributed by atoms with van der Waals surface area (Å²) in [5.74, 6) is -0.834. The molecule has 3 N–H and O–H groups in total. The van der Waals surface area contributed by atoms with Crippen LogP contribution >= 0.6 is 35.0 Å². The Morgan fingerprint density at radius 3 is 2.69 bits per heavy atom. The number of carbonyl (C=O) groups excluding carboxylic acids is 3. The van der Waals surface area contributed by atoms with Crippen molar-refractivity contribution in [3.8, 4) is 0 Å². The maximum absolute atomic E-state index is 12.4. The van der Waals surface area contributed by atoms with Gasteiger partial charge in [0.15, 0.2) is 0 Å². The van der Waals surface area contributed by atoms with Gasteiger partial charge in [0.25, 0.3) is 5.91 Å². The van der Waals surface area contributed by atoms with Gasteiger partial charge >= 0.3 is 0 Å². The summed E-state index contributed by atoms with van der Waals surface area (Å²) < 4.78 is 0. The largest absolute Gasteiger partial charge is 0.352 e. The Labute approximate surface area is 182 Å². The Morgan fingerprint density at radius 1 is 1.17 bits per heavy atom. The Balaban J connectivity index is 1.62. The maximum atomic E-state index is 12.4. The average molecular weight is 452 g/mol. The minimum absolute atomic E-state index is 0.00504. The molecule has 3 rings (SSSR count). The fraction of sp³-hybridized carbons (Fsp3) is 0.250. The lowest BCUT2D eigenvalue weighted by molar-refractivity contribution is -0.120. The molecule has 2 aromatic rings. The van der Waals surface area contributed by atoms with Crippen molar-refractivity contribution >= 4 is 64.1 Å². The number of thioether (sulfide) groups is 1. The minimum atomic E-state index is -0.557. The molecular formula is C20H19Cl2N3O3S. The zero-order valence-corrected chi connectivity index (χ0v) is 17.9. The van der Waals surface area contributed by atoms with Crippen molar-refractivity contribution in [3.05, 3.63) is 52.0 Å². The van der Waals surface area contributed by atoms with Crippen molar-refractivity contribution in [1.82, 2.24) is 5.32 Å². The molecule has 2 aromatic carbocycles. The normalized spacial score (nSPS) is 15.3. The predicted octanol–water partition coefficient (Wildman–Crippen LogP) is 4.57. The van der Waals surface area contributed by atoms with Gasteiger partial charge in [-0.2, -0.15) is 0 Å². The third-order valence-corrected chi connectivity index (χ3v) is 5.99. The van der Waals surface area contributed by atoms with Gasteiger partial charge in [-0.05, 0) is 42.8 Å². The number of carbonyl (C=O) groups is 3. The highest BCUT2D eigenvalue weighted by molar-refractivity contribution is 8.01. The van der Waals surface area contributed by atoms with Gasteiger partial charge in [-0.25, -0.2) is 0 Å². The van der Waals surface area contributed by atoms with E-state index in [1.807, 2.05) is 13.0 Å². The molecule has 1 heterocycles. The van der Waals surface area contributed by atoms with Crippen LogP contribution in [0.15, 0.2) is 41.3 Å². The fourth-order valence-corrected chi connectivity index (χ4v) is 4.28. The topological polar surface area (TPSA) is 87.3 Å². The number of nitrogens with one attached hydrogen (secondary N) is 3. The maximum Gasteiger partial charge on any atom is 0.252 e. The predicted molar refractivity (Wildman–Crippen MR) is 117 cm³/mol. The number of rotatable bonds is 6. The third kappa shape index (κ3) is 5.44. The standard InChI is InChI=1S/C20H19Cl2N3O3S/c1-2-7-23-19(27)13-5-4-12(9-14(13)22)24-18(26)10-17-20(28)25-15-8-11(21)3-6-16(15)29-17/h3-6,8-9,17H,2,7,10H2,1H3,(H,23,27)(H,24,26)(H,25,28).